The Labute approximate surface area is 167 Å². The van der Waals surface area contributed by atoms with E-state index in [0.717, 1.165) is 12.0 Å². The second kappa shape index (κ2) is 12.7. The van der Waals surface area contributed by atoms with Crippen LogP contribution in [0.1, 0.15) is 39.2 Å². The summed E-state index contributed by atoms with van der Waals surface area (Å²) in [5.74, 6) is -1.14. The molecular formula is C23H31NO4. The summed E-state index contributed by atoms with van der Waals surface area (Å²) < 4.78 is 5.62. The number of rotatable bonds is 11. The number of carbonyl (C=O) groups is 2. The molecule has 4 atom stereocenters. The van der Waals surface area contributed by atoms with E-state index >= 15 is 0 Å². The van der Waals surface area contributed by atoms with Gasteiger partial charge in [0, 0.05) is 24.5 Å². The summed E-state index contributed by atoms with van der Waals surface area (Å²) in [5.41, 5.74) is 5.95. The molecule has 0 spiro atoms. The minimum absolute atomic E-state index is 0.0924. The Morgan fingerprint density at radius 3 is 2.43 bits per heavy atom. The summed E-state index contributed by atoms with van der Waals surface area (Å²) in [5, 5.41) is 10.5. The number of carbonyl (C=O) groups excluding carboxylic acids is 2. The molecule has 28 heavy (non-hydrogen) atoms. The van der Waals surface area contributed by atoms with Gasteiger partial charge in [-0.2, -0.15) is 0 Å². The van der Waals surface area contributed by atoms with Gasteiger partial charge < -0.3 is 15.6 Å². The van der Waals surface area contributed by atoms with E-state index in [1.807, 2.05) is 51.1 Å². The predicted octanol–water partition coefficient (Wildman–Crippen LogP) is 3.64. The first-order chi connectivity index (χ1) is 13.3. The van der Waals surface area contributed by atoms with Gasteiger partial charge in [-0.15, -0.1) is 0 Å². The van der Waals surface area contributed by atoms with Crippen LogP contribution < -0.4 is 5.73 Å². The van der Waals surface area contributed by atoms with Crippen molar-refractivity contribution < 1.29 is 19.4 Å². The quantitative estimate of drug-likeness (QED) is 0.346. The van der Waals surface area contributed by atoms with Crippen LogP contribution in [0.25, 0.3) is 6.08 Å². The minimum atomic E-state index is -0.588. The Bertz CT molecular complexity index is 694. The molecule has 0 radical (unpaired) electrons. The van der Waals surface area contributed by atoms with Gasteiger partial charge in [0.1, 0.15) is 6.10 Å². The number of hydrogen-bond acceptors (Lipinski definition) is 4. The van der Waals surface area contributed by atoms with E-state index in [-0.39, 0.29) is 11.8 Å². The molecule has 3 N–H and O–H groups in total. The number of hydrogen-bond donors (Lipinski definition) is 2. The van der Waals surface area contributed by atoms with Crippen LogP contribution in [0.4, 0.5) is 0 Å². The van der Waals surface area contributed by atoms with Crippen LogP contribution in [0.2, 0.25) is 0 Å². The standard InChI is InChI=1S/C23H31NO4/c1-4-17(2)23(27)18(3)20(13-9-6-10-14-21(24)25)28-22(26)16-15-19-11-7-5-8-12-19/h5-12,14-18,20,23,27H,4,13H2,1-3H3,(H2,24,25)/b9-6+,14-10?,16-15+/t17-,18-,20-,23+/m1/s1. The average Bonchev–Trinajstić information content (AvgIpc) is 2.69. The SMILES string of the molecule is CC[C@@H](C)[C@H](O)[C@H](C)[C@@H](C/C=C/C=CC(N)=O)OC(=O)/C=C/c1ccccc1. The lowest BCUT2D eigenvalue weighted by Gasteiger charge is -2.30. The number of ether oxygens (including phenoxy) is 1. The number of primary amides is 1. The molecule has 5 heteroatoms. The molecule has 0 aromatic heterocycles. The van der Waals surface area contributed by atoms with Crippen molar-refractivity contribution in [3.8, 4) is 0 Å². The Hall–Kier alpha value is -2.66. The third-order valence-electron chi connectivity index (χ3n) is 4.71. The van der Waals surface area contributed by atoms with Gasteiger partial charge in [-0.3, -0.25) is 4.79 Å². The second-order valence-corrected chi connectivity index (χ2v) is 6.88. The maximum atomic E-state index is 12.3. The summed E-state index contributed by atoms with van der Waals surface area (Å²) in [4.78, 5) is 23.0. The number of aliphatic hydroxyl groups is 1. The summed E-state index contributed by atoms with van der Waals surface area (Å²) >= 11 is 0. The average molecular weight is 386 g/mol. The zero-order valence-electron chi connectivity index (χ0n) is 16.8. The smallest absolute Gasteiger partial charge is 0.331 e. The molecule has 0 heterocycles. The van der Waals surface area contributed by atoms with Crippen molar-refractivity contribution >= 4 is 18.0 Å². The molecule has 1 amide bonds. The van der Waals surface area contributed by atoms with E-state index in [0.29, 0.717) is 6.42 Å². The lowest BCUT2D eigenvalue weighted by Crippen LogP contribution is -2.36. The molecule has 0 aliphatic carbocycles. The van der Waals surface area contributed by atoms with E-state index in [2.05, 4.69) is 0 Å². The van der Waals surface area contributed by atoms with Crippen molar-refractivity contribution in [3.05, 3.63) is 66.3 Å². The van der Waals surface area contributed by atoms with Gasteiger partial charge in [-0.1, -0.05) is 75.8 Å². The highest BCUT2D eigenvalue weighted by Crippen LogP contribution is 2.23. The number of allylic oxidation sites excluding steroid dienone is 2. The maximum Gasteiger partial charge on any atom is 0.331 e. The van der Waals surface area contributed by atoms with Gasteiger partial charge >= 0.3 is 5.97 Å². The summed E-state index contributed by atoms with van der Waals surface area (Å²) in [7, 11) is 0. The molecule has 0 saturated heterocycles. The summed E-state index contributed by atoms with van der Waals surface area (Å²) in [6.07, 6.45) is 9.50. The highest BCUT2D eigenvalue weighted by molar-refractivity contribution is 5.87. The van der Waals surface area contributed by atoms with Crippen molar-refractivity contribution in [2.75, 3.05) is 0 Å². The van der Waals surface area contributed by atoms with E-state index in [1.54, 1.807) is 18.2 Å². The molecule has 0 aliphatic heterocycles. The van der Waals surface area contributed by atoms with E-state index in [4.69, 9.17) is 10.5 Å². The summed E-state index contributed by atoms with van der Waals surface area (Å²) in [6.45, 7) is 5.86. The van der Waals surface area contributed by atoms with E-state index in [9.17, 15) is 14.7 Å². The fourth-order valence-electron chi connectivity index (χ4n) is 2.71. The number of esters is 1. The first-order valence-corrected chi connectivity index (χ1v) is 9.59. The van der Waals surface area contributed by atoms with Gasteiger partial charge in [0.25, 0.3) is 0 Å². The lowest BCUT2D eigenvalue weighted by atomic mass is 9.86. The third-order valence-corrected chi connectivity index (χ3v) is 4.71. The van der Waals surface area contributed by atoms with Crippen LogP contribution in [-0.2, 0) is 14.3 Å². The Balaban J connectivity index is 2.81. The third kappa shape index (κ3) is 8.82. The minimum Gasteiger partial charge on any atom is -0.458 e. The Morgan fingerprint density at radius 2 is 1.82 bits per heavy atom. The lowest BCUT2D eigenvalue weighted by molar-refractivity contribution is -0.148. The molecule has 0 unspecified atom stereocenters. The van der Waals surface area contributed by atoms with Crippen LogP contribution >= 0.6 is 0 Å². The fourth-order valence-corrected chi connectivity index (χ4v) is 2.71. The zero-order valence-corrected chi connectivity index (χ0v) is 16.8. The Kier molecular flexibility index (Phi) is 10.6. The number of benzene rings is 1. The maximum absolute atomic E-state index is 12.3. The van der Waals surface area contributed by atoms with E-state index in [1.165, 1.54) is 18.2 Å². The normalized spacial score (nSPS) is 16.3. The molecule has 1 aromatic carbocycles. The monoisotopic (exact) mass is 385 g/mol. The van der Waals surface area contributed by atoms with Crippen LogP contribution in [-0.4, -0.2) is 29.2 Å². The molecule has 1 aromatic rings. The molecular weight excluding hydrogens is 354 g/mol. The number of amides is 1. The molecule has 0 bridgehead atoms. The molecule has 0 aliphatic rings. The largest absolute Gasteiger partial charge is 0.458 e. The first-order valence-electron chi connectivity index (χ1n) is 9.59. The van der Waals surface area contributed by atoms with Gasteiger partial charge in [-0.25, -0.2) is 4.79 Å². The van der Waals surface area contributed by atoms with Gasteiger partial charge in [0.2, 0.25) is 5.91 Å². The molecule has 5 nitrogen and oxygen atoms in total. The van der Waals surface area contributed by atoms with Gasteiger partial charge in [-0.05, 0) is 17.6 Å². The second-order valence-electron chi connectivity index (χ2n) is 6.88. The molecule has 1 rings (SSSR count). The molecule has 152 valence electrons. The van der Waals surface area contributed by atoms with Crippen molar-refractivity contribution in [1.82, 2.24) is 0 Å². The van der Waals surface area contributed by atoms with E-state index < -0.39 is 24.1 Å². The van der Waals surface area contributed by atoms with Crippen LogP contribution in [0, 0.1) is 11.8 Å². The number of aliphatic hydroxyl groups excluding tert-OH is 1. The topological polar surface area (TPSA) is 89.6 Å². The van der Waals surface area contributed by atoms with Crippen LogP contribution in [0.5, 0.6) is 0 Å². The van der Waals surface area contributed by atoms with Crippen molar-refractivity contribution in [2.24, 2.45) is 17.6 Å². The summed E-state index contributed by atoms with van der Waals surface area (Å²) in [6, 6.07) is 9.48. The van der Waals surface area contributed by atoms with Gasteiger partial charge in [0.05, 0.1) is 6.10 Å². The fraction of sp³-hybridized carbons (Fsp3) is 0.391. The van der Waals surface area contributed by atoms with Crippen LogP contribution in [0.15, 0.2) is 60.7 Å². The highest BCUT2D eigenvalue weighted by atomic mass is 16.5. The molecule has 0 saturated carbocycles. The van der Waals surface area contributed by atoms with Gasteiger partial charge in [0.15, 0.2) is 0 Å². The van der Waals surface area contributed by atoms with Crippen molar-refractivity contribution in [1.29, 1.82) is 0 Å². The highest BCUT2D eigenvalue weighted by Gasteiger charge is 2.29. The van der Waals surface area contributed by atoms with Crippen molar-refractivity contribution in [3.63, 3.8) is 0 Å². The van der Waals surface area contributed by atoms with Crippen molar-refractivity contribution in [2.45, 2.75) is 45.8 Å². The number of nitrogens with two attached hydrogens (primary N) is 1. The zero-order chi connectivity index (χ0) is 20.9. The van der Waals surface area contributed by atoms with Crippen LogP contribution in [0.3, 0.4) is 0 Å². The first kappa shape index (κ1) is 23.4. The molecule has 0 fully saturated rings. The Morgan fingerprint density at radius 1 is 1.14 bits per heavy atom. The predicted molar refractivity (Wildman–Crippen MR) is 112 cm³/mol.